The summed E-state index contributed by atoms with van der Waals surface area (Å²) in [6.07, 6.45) is 1.60. The molecule has 4 heteroatoms. The number of nitrogens with one attached hydrogen (secondary N) is 1. The summed E-state index contributed by atoms with van der Waals surface area (Å²) in [5.41, 5.74) is 0.886. The van der Waals surface area contributed by atoms with Gasteiger partial charge in [0.15, 0.2) is 11.6 Å². The summed E-state index contributed by atoms with van der Waals surface area (Å²) in [7, 11) is 3.26. The molecule has 0 aromatic heterocycles. The number of ether oxygens (including phenoxy) is 1. The number of methoxy groups -OCH3 is 1. The van der Waals surface area contributed by atoms with Gasteiger partial charge in [-0.1, -0.05) is 6.92 Å². The highest BCUT2D eigenvalue weighted by molar-refractivity contribution is 5.33. The number of rotatable bonds is 5. The summed E-state index contributed by atoms with van der Waals surface area (Å²) in [6.45, 7) is 2.87. The van der Waals surface area contributed by atoms with Gasteiger partial charge in [-0.3, -0.25) is 0 Å². The molecule has 0 heterocycles. The zero-order chi connectivity index (χ0) is 12.1. The molecule has 0 aromatic carbocycles. The second kappa shape index (κ2) is 5.99. The van der Waals surface area contributed by atoms with Crippen molar-refractivity contribution in [3.05, 3.63) is 23.0 Å². The van der Waals surface area contributed by atoms with E-state index in [1.54, 1.807) is 0 Å². The van der Waals surface area contributed by atoms with Gasteiger partial charge in [0.05, 0.1) is 7.11 Å². The largest absolute Gasteiger partial charge is 0.494 e. The molecule has 1 unspecified atom stereocenters. The van der Waals surface area contributed by atoms with Crippen LogP contribution in [0.25, 0.3) is 0 Å². The van der Waals surface area contributed by atoms with Crippen molar-refractivity contribution < 1.29 is 13.5 Å². The molecule has 16 heavy (non-hydrogen) atoms. The lowest BCUT2D eigenvalue weighted by atomic mass is 9.89. The Morgan fingerprint density at radius 2 is 2.06 bits per heavy atom. The number of hydrogen-bond acceptors (Lipinski definition) is 2. The summed E-state index contributed by atoms with van der Waals surface area (Å²) < 4.78 is 31.5. The van der Waals surface area contributed by atoms with Crippen molar-refractivity contribution in [1.29, 1.82) is 0 Å². The molecule has 0 aromatic rings. The van der Waals surface area contributed by atoms with Gasteiger partial charge in [-0.2, -0.15) is 0 Å². The van der Waals surface area contributed by atoms with Crippen molar-refractivity contribution in [3.63, 3.8) is 0 Å². The quantitative estimate of drug-likeness (QED) is 0.785. The van der Waals surface area contributed by atoms with E-state index in [0.717, 1.165) is 18.5 Å². The molecule has 0 radical (unpaired) electrons. The molecule has 92 valence electrons. The Bertz CT molecular complexity index is 310. The van der Waals surface area contributed by atoms with Crippen molar-refractivity contribution in [1.82, 2.24) is 5.32 Å². The minimum Gasteiger partial charge on any atom is -0.494 e. The molecule has 0 spiro atoms. The Labute approximate surface area is 95.4 Å². The molecule has 0 aliphatic heterocycles. The Hall–Kier alpha value is -0.900. The molecule has 0 amide bonds. The van der Waals surface area contributed by atoms with Gasteiger partial charge in [0, 0.05) is 6.42 Å². The first kappa shape index (κ1) is 13.2. The van der Waals surface area contributed by atoms with Gasteiger partial charge < -0.3 is 10.1 Å². The van der Waals surface area contributed by atoms with Crippen LogP contribution < -0.4 is 5.32 Å². The fourth-order valence-corrected chi connectivity index (χ4v) is 1.96. The second-order valence-electron chi connectivity index (χ2n) is 4.07. The highest BCUT2D eigenvalue weighted by Gasteiger charge is 2.25. The number of hydrogen-bond donors (Lipinski definition) is 1. The third kappa shape index (κ3) is 2.82. The first-order chi connectivity index (χ1) is 7.61. The van der Waals surface area contributed by atoms with Crippen LogP contribution in [0.3, 0.4) is 0 Å². The van der Waals surface area contributed by atoms with Crippen LogP contribution in [0.15, 0.2) is 23.0 Å². The first-order valence-corrected chi connectivity index (χ1v) is 5.58. The van der Waals surface area contributed by atoms with Gasteiger partial charge in [0.25, 0.3) is 0 Å². The average molecular weight is 231 g/mol. The molecule has 1 N–H and O–H groups in total. The van der Waals surface area contributed by atoms with E-state index in [9.17, 15) is 8.78 Å². The predicted octanol–water partition coefficient (Wildman–Crippen LogP) is 3.08. The van der Waals surface area contributed by atoms with Gasteiger partial charge in [-0.05, 0) is 37.9 Å². The lowest BCUT2D eigenvalue weighted by Crippen LogP contribution is -2.16. The normalized spacial score (nSPS) is 19.1. The third-order valence-electron chi connectivity index (χ3n) is 2.97. The van der Waals surface area contributed by atoms with Gasteiger partial charge in [-0.15, -0.1) is 0 Å². The molecule has 2 nitrogen and oxygen atoms in total. The molecule has 0 fully saturated rings. The van der Waals surface area contributed by atoms with Crippen LogP contribution in [0.5, 0.6) is 0 Å². The highest BCUT2D eigenvalue weighted by atomic mass is 19.2. The lowest BCUT2D eigenvalue weighted by Gasteiger charge is -2.22. The maximum Gasteiger partial charge on any atom is 0.196 e. The Morgan fingerprint density at radius 3 is 2.62 bits per heavy atom. The number of allylic oxidation sites excluding steroid dienone is 3. The van der Waals surface area contributed by atoms with Crippen LogP contribution in [0.1, 0.15) is 26.2 Å². The molecule has 1 aliphatic rings. The third-order valence-corrected chi connectivity index (χ3v) is 2.97. The molecule has 1 atom stereocenters. The van der Waals surface area contributed by atoms with E-state index in [2.05, 4.69) is 5.32 Å². The van der Waals surface area contributed by atoms with Crippen LogP contribution in [-0.2, 0) is 4.74 Å². The smallest absolute Gasteiger partial charge is 0.196 e. The zero-order valence-electron chi connectivity index (χ0n) is 10.1. The fourth-order valence-electron chi connectivity index (χ4n) is 1.96. The average Bonchev–Trinajstić information content (AvgIpc) is 2.29. The molecular weight excluding hydrogens is 212 g/mol. The van der Waals surface area contributed by atoms with E-state index in [0.29, 0.717) is 6.42 Å². The summed E-state index contributed by atoms with van der Waals surface area (Å²) in [5, 5.41) is 3.05. The molecule has 0 bridgehead atoms. The maximum absolute atomic E-state index is 13.5. The molecule has 0 saturated heterocycles. The lowest BCUT2D eigenvalue weighted by molar-refractivity contribution is 0.259. The van der Waals surface area contributed by atoms with Gasteiger partial charge in [0.2, 0.25) is 0 Å². The molecule has 1 rings (SSSR count). The van der Waals surface area contributed by atoms with E-state index in [4.69, 9.17) is 4.74 Å². The standard InChI is InChI=1S/C12H19F2NO/c1-8(6-7-15-2)9-4-5-10(13)11(14)12(9)16-3/h8,15H,4-7H2,1-3H3. The van der Waals surface area contributed by atoms with Crippen molar-refractivity contribution in [2.45, 2.75) is 26.2 Å². The topological polar surface area (TPSA) is 21.3 Å². The fraction of sp³-hybridized carbons (Fsp3) is 0.667. The van der Waals surface area contributed by atoms with Gasteiger partial charge in [0.1, 0.15) is 5.83 Å². The van der Waals surface area contributed by atoms with E-state index in [1.807, 2.05) is 14.0 Å². The van der Waals surface area contributed by atoms with E-state index in [1.165, 1.54) is 7.11 Å². The van der Waals surface area contributed by atoms with Crippen LogP contribution in [0.2, 0.25) is 0 Å². The highest BCUT2D eigenvalue weighted by Crippen LogP contribution is 2.36. The molecule has 0 saturated carbocycles. The maximum atomic E-state index is 13.5. The minimum absolute atomic E-state index is 0.104. The van der Waals surface area contributed by atoms with Gasteiger partial charge >= 0.3 is 0 Å². The van der Waals surface area contributed by atoms with Crippen molar-refractivity contribution in [2.24, 2.45) is 5.92 Å². The molecule has 1 aliphatic carbocycles. The minimum atomic E-state index is -0.819. The number of halogens is 2. The second-order valence-corrected chi connectivity index (χ2v) is 4.07. The Kier molecular flexibility index (Phi) is 4.93. The zero-order valence-corrected chi connectivity index (χ0v) is 10.1. The van der Waals surface area contributed by atoms with E-state index in [-0.39, 0.29) is 18.1 Å². The van der Waals surface area contributed by atoms with Crippen molar-refractivity contribution in [2.75, 3.05) is 20.7 Å². The van der Waals surface area contributed by atoms with Gasteiger partial charge in [-0.25, -0.2) is 8.78 Å². The summed E-state index contributed by atoms with van der Waals surface area (Å²) in [4.78, 5) is 0. The van der Waals surface area contributed by atoms with Crippen molar-refractivity contribution in [3.8, 4) is 0 Å². The monoisotopic (exact) mass is 231 g/mol. The first-order valence-electron chi connectivity index (χ1n) is 5.58. The summed E-state index contributed by atoms with van der Waals surface area (Å²) in [5.74, 6) is -1.20. The summed E-state index contributed by atoms with van der Waals surface area (Å²) >= 11 is 0. The summed E-state index contributed by atoms with van der Waals surface area (Å²) in [6, 6.07) is 0. The van der Waals surface area contributed by atoms with Crippen LogP contribution >= 0.6 is 0 Å². The molecular formula is C12H19F2NO. The van der Waals surface area contributed by atoms with E-state index < -0.39 is 11.7 Å². The SMILES string of the molecule is CNCCC(C)C1=C(OC)C(F)=C(F)CC1. The predicted molar refractivity (Wildman–Crippen MR) is 60.2 cm³/mol. The van der Waals surface area contributed by atoms with Crippen LogP contribution in [0, 0.1) is 5.92 Å². The van der Waals surface area contributed by atoms with E-state index >= 15 is 0 Å². The Morgan fingerprint density at radius 1 is 1.38 bits per heavy atom. The van der Waals surface area contributed by atoms with Crippen LogP contribution in [-0.4, -0.2) is 20.7 Å². The van der Waals surface area contributed by atoms with Crippen molar-refractivity contribution >= 4 is 0 Å². The Balaban J connectivity index is 2.87. The van der Waals surface area contributed by atoms with Crippen LogP contribution in [0.4, 0.5) is 8.78 Å².